The predicted octanol–water partition coefficient (Wildman–Crippen LogP) is 1.89. The molecule has 17 heavy (non-hydrogen) atoms. The molecule has 2 aliphatic rings. The summed E-state index contributed by atoms with van der Waals surface area (Å²) in [5.74, 6) is 2.32. The molecule has 1 saturated heterocycles. The van der Waals surface area contributed by atoms with Gasteiger partial charge in [0.15, 0.2) is 0 Å². The fourth-order valence-corrected chi connectivity index (χ4v) is 3.42. The first-order valence-electron chi connectivity index (χ1n) is 6.35. The van der Waals surface area contributed by atoms with Crippen LogP contribution in [0.1, 0.15) is 31.9 Å². The van der Waals surface area contributed by atoms with Crippen LogP contribution in [0, 0.1) is 18.3 Å². The highest BCUT2D eigenvalue weighted by Crippen LogP contribution is 2.52. The first-order valence-corrected chi connectivity index (χ1v) is 6.35. The van der Waals surface area contributed by atoms with Gasteiger partial charge in [0.2, 0.25) is 5.89 Å². The van der Waals surface area contributed by atoms with Gasteiger partial charge in [0, 0.05) is 24.0 Å². The Labute approximate surface area is 102 Å². The first kappa shape index (κ1) is 11.2. The van der Waals surface area contributed by atoms with Gasteiger partial charge >= 0.3 is 0 Å². The summed E-state index contributed by atoms with van der Waals surface area (Å²) in [4.78, 5) is 4.22. The Kier molecular flexibility index (Phi) is 2.52. The third kappa shape index (κ3) is 1.70. The van der Waals surface area contributed by atoms with Crippen LogP contribution in [0.3, 0.4) is 0 Å². The summed E-state index contributed by atoms with van der Waals surface area (Å²) >= 11 is 0. The highest BCUT2D eigenvalue weighted by atomic mass is 16.5. The standard InChI is InChI=1S/C13H20N2O2/c1-8-6-14-10(17-8)7-15-11-9-4-5-16-12(9)13(11,2)3/h6,9,11-12,15H,4-5,7H2,1-3H3. The average Bonchev–Trinajstić information content (AvgIpc) is 2.86. The summed E-state index contributed by atoms with van der Waals surface area (Å²) in [5, 5.41) is 3.57. The monoisotopic (exact) mass is 236 g/mol. The number of aromatic nitrogens is 1. The second kappa shape index (κ2) is 3.82. The van der Waals surface area contributed by atoms with Gasteiger partial charge in [0.1, 0.15) is 5.76 Å². The Morgan fingerprint density at radius 1 is 1.53 bits per heavy atom. The number of ether oxygens (including phenoxy) is 1. The fraction of sp³-hybridized carbons (Fsp3) is 0.769. The Morgan fingerprint density at radius 2 is 2.35 bits per heavy atom. The summed E-state index contributed by atoms with van der Waals surface area (Å²) < 4.78 is 11.3. The van der Waals surface area contributed by atoms with Gasteiger partial charge in [-0.25, -0.2) is 4.98 Å². The summed E-state index contributed by atoms with van der Waals surface area (Å²) in [5.41, 5.74) is 0.225. The number of nitrogens with zero attached hydrogens (tertiary/aromatic N) is 1. The van der Waals surface area contributed by atoms with Crippen molar-refractivity contribution in [2.45, 2.75) is 45.9 Å². The summed E-state index contributed by atoms with van der Waals surface area (Å²) in [6.07, 6.45) is 3.38. The molecule has 1 saturated carbocycles. The second-order valence-corrected chi connectivity index (χ2v) is 5.79. The minimum atomic E-state index is 0.225. The van der Waals surface area contributed by atoms with E-state index in [9.17, 15) is 0 Å². The van der Waals surface area contributed by atoms with Gasteiger partial charge in [-0.2, -0.15) is 0 Å². The highest BCUT2D eigenvalue weighted by molar-refractivity contribution is 5.11. The van der Waals surface area contributed by atoms with E-state index < -0.39 is 0 Å². The van der Waals surface area contributed by atoms with Crippen molar-refractivity contribution in [3.63, 3.8) is 0 Å². The van der Waals surface area contributed by atoms with Crippen molar-refractivity contribution in [2.24, 2.45) is 11.3 Å². The number of oxazole rings is 1. The molecule has 3 atom stereocenters. The molecule has 0 amide bonds. The maximum Gasteiger partial charge on any atom is 0.208 e. The molecule has 94 valence electrons. The van der Waals surface area contributed by atoms with E-state index in [0.717, 1.165) is 18.3 Å². The van der Waals surface area contributed by atoms with Crippen LogP contribution >= 0.6 is 0 Å². The highest BCUT2D eigenvalue weighted by Gasteiger charge is 2.58. The number of aryl methyl sites for hydroxylation is 1. The van der Waals surface area contributed by atoms with Crippen LogP contribution in [-0.2, 0) is 11.3 Å². The van der Waals surface area contributed by atoms with Crippen molar-refractivity contribution in [2.75, 3.05) is 6.61 Å². The minimum Gasteiger partial charge on any atom is -0.445 e. The third-order valence-corrected chi connectivity index (χ3v) is 4.24. The maximum absolute atomic E-state index is 5.77. The van der Waals surface area contributed by atoms with Crippen LogP contribution in [0.15, 0.2) is 10.6 Å². The molecule has 2 fully saturated rings. The number of hydrogen-bond acceptors (Lipinski definition) is 4. The van der Waals surface area contributed by atoms with Crippen LogP contribution in [0.2, 0.25) is 0 Å². The third-order valence-electron chi connectivity index (χ3n) is 4.24. The average molecular weight is 236 g/mol. The van der Waals surface area contributed by atoms with Crippen molar-refractivity contribution < 1.29 is 9.15 Å². The minimum absolute atomic E-state index is 0.225. The van der Waals surface area contributed by atoms with E-state index >= 15 is 0 Å². The number of fused-ring (bicyclic) bond motifs is 1. The van der Waals surface area contributed by atoms with Crippen LogP contribution in [-0.4, -0.2) is 23.7 Å². The zero-order valence-electron chi connectivity index (χ0n) is 10.7. The topological polar surface area (TPSA) is 47.3 Å². The zero-order chi connectivity index (χ0) is 12.0. The molecule has 2 heterocycles. The molecule has 0 bridgehead atoms. The Hall–Kier alpha value is -0.870. The van der Waals surface area contributed by atoms with E-state index in [0.29, 0.717) is 24.6 Å². The smallest absolute Gasteiger partial charge is 0.208 e. The zero-order valence-corrected chi connectivity index (χ0v) is 10.7. The van der Waals surface area contributed by atoms with Crippen LogP contribution in [0.5, 0.6) is 0 Å². The second-order valence-electron chi connectivity index (χ2n) is 5.79. The van der Waals surface area contributed by atoms with Crippen molar-refractivity contribution in [1.29, 1.82) is 0 Å². The Morgan fingerprint density at radius 3 is 3.06 bits per heavy atom. The number of hydrogen-bond donors (Lipinski definition) is 1. The van der Waals surface area contributed by atoms with Crippen LogP contribution < -0.4 is 5.32 Å². The predicted molar refractivity (Wildman–Crippen MR) is 63.5 cm³/mol. The molecule has 1 aromatic rings. The normalized spacial score (nSPS) is 34.4. The van der Waals surface area contributed by atoms with Gasteiger partial charge in [-0.3, -0.25) is 0 Å². The fourth-order valence-electron chi connectivity index (χ4n) is 3.42. The molecule has 1 aliphatic heterocycles. The van der Waals surface area contributed by atoms with Crippen molar-refractivity contribution >= 4 is 0 Å². The lowest BCUT2D eigenvalue weighted by Crippen LogP contribution is -2.65. The van der Waals surface area contributed by atoms with Gasteiger partial charge in [-0.15, -0.1) is 0 Å². The molecule has 1 aromatic heterocycles. The van der Waals surface area contributed by atoms with Crippen LogP contribution in [0.25, 0.3) is 0 Å². The Balaban J connectivity index is 1.62. The molecule has 1 N–H and O–H groups in total. The summed E-state index contributed by atoms with van der Waals surface area (Å²) in [6, 6.07) is 0.516. The molecule has 0 radical (unpaired) electrons. The summed E-state index contributed by atoms with van der Waals surface area (Å²) in [6.45, 7) is 8.10. The lowest BCUT2D eigenvalue weighted by Gasteiger charge is -2.54. The maximum atomic E-state index is 5.77. The van der Waals surface area contributed by atoms with E-state index in [-0.39, 0.29) is 5.41 Å². The molecule has 4 nitrogen and oxygen atoms in total. The van der Waals surface area contributed by atoms with Gasteiger partial charge in [0.05, 0.1) is 18.8 Å². The molecule has 3 rings (SSSR count). The largest absolute Gasteiger partial charge is 0.445 e. The molecular formula is C13H20N2O2. The van der Waals surface area contributed by atoms with Gasteiger partial charge in [-0.1, -0.05) is 13.8 Å². The van der Waals surface area contributed by atoms with E-state index in [2.05, 4.69) is 24.1 Å². The quantitative estimate of drug-likeness (QED) is 0.870. The van der Waals surface area contributed by atoms with Crippen molar-refractivity contribution in [1.82, 2.24) is 10.3 Å². The van der Waals surface area contributed by atoms with Gasteiger partial charge < -0.3 is 14.5 Å². The molecule has 1 aliphatic carbocycles. The van der Waals surface area contributed by atoms with E-state index in [1.807, 2.05) is 6.92 Å². The first-order chi connectivity index (χ1) is 8.09. The molecular weight excluding hydrogens is 216 g/mol. The SMILES string of the molecule is Cc1cnc(CNC2C3CCOC3C2(C)C)o1. The van der Waals surface area contributed by atoms with Gasteiger partial charge in [-0.05, 0) is 13.3 Å². The molecule has 0 spiro atoms. The summed E-state index contributed by atoms with van der Waals surface area (Å²) in [7, 11) is 0. The van der Waals surface area contributed by atoms with Gasteiger partial charge in [0.25, 0.3) is 0 Å². The number of nitrogens with one attached hydrogen (secondary N) is 1. The van der Waals surface area contributed by atoms with E-state index in [4.69, 9.17) is 9.15 Å². The van der Waals surface area contributed by atoms with E-state index in [1.165, 1.54) is 6.42 Å². The van der Waals surface area contributed by atoms with Crippen molar-refractivity contribution in [3.8, 4) is 0 Å². The lowest BCUT2D eigenvalue weighted by molar-refractivity contribution is -0.113. The molecule has 4 heteroatoms. The number of rotatable bonds is 3. The van der Waals surface area contributed by atoms with E-state index in [1.54, 1.807) is 6.20 Å². The van der Waals surface area contributed by atoms with Crippen molar-refractivity contribution in [3.05, 3.63) is 17.8 Å². The van der Waals surface area contributed by atoms with Crippen LogP contribution in [0.4, 0.5) is 0 Å². The molecule has 0 aromatic carbocycles. The Bertz CT molecular complexity index is 413. The molecule has 3 unspecified atom stereocenters. The lowest BCUT2D eigenvalue weighted by atomic mass is 9.57.